The van der Waals surface area contributed by atoms with Crippen LogP contribution in [0.5, 0.6) is 0 Å². The van der Waals surface area contributed by atoms with E-state index in [1.54, 1.807) is 23.5 Å². The highest BCUT2D eigenvalue weighted by molar-refractivity contribution is 7.89. The van der Waals surface area contributed by atoms with Gasteiger partial charge in [0, 0.05) is 16.6 Å². The van der Waals surface area contributed by atoms with Crippen molar-refractivity contribution in [3.05, 3.63) is 75.9 Å². The fourth-order valence-electron chi connectivity index (χ4n) is 3.40. The molecule has 0 unspecified atom stereocenters. The van der Waals surface area contributed by atoms with Crippen LogP contribution < -0.4 is 4.72 Å². The molecule has 34 heavy (non-hydrogen) atoms. The van der Waals surface area contributed by atoms with Crippen LogP contribution in [0.15, 0.2) is 53.6 Å². The van der Waals surface area contributed by atoms with E-state index in [4.69, 9.17) is 4.74 Å². The lowest BCUT2D eigenvalue weighted by Gasteiger charge is -2.18. The van der Waals surface area contributed by atoms with E-state index in [0.29, 0.717) is 12.1 Å². The first-order valence-corrected chi connectivity index (χ1v) is 13.2. The molecule has 0 saturated heterocycles. The molecule has 1 heterocycles. The summed E-state index contributed by atoms with van der Waals surface area (Å²) >= 11 is 1.56. The number of thiazole rings is 1. The van der Waals surface area contributed by atoms with E-state index in [1.165, 1.54) is 31.0 Å². The van der Waals surface area contributed by atoms with Crippen LogP contribution in [0.3, 0.4) is 0 Å². The van der Waals surface area contributed by atoms with Crippen LogP contribution in [-0.4, -0.2) is 26.5 Å². The second-order valence-corrected chi connectivity index (χ2v) is 11.8. The first-order chi connectivity index (χ1) is 16.0. The Morgan fingerprint density at radius 1 is 1.15 bits per heavy atom. The van der Waals surface area contributed by atoms with E-state index >= 15 is 0 Å². The quantitative estimate of drug-likeness (QED) is 0.422. The molecule has 1 aromatic heterocycles. The van der Waals surface area contributed by atoms with E-state index in [-0.39, 0.29) is 15.9 Å². The molecule has 6 nitrogen and oxygen atoms in total. The average molecular weight is 499 g/mol. The van der Waals surface area contributed by atoms with Gasteiger partial charge in [0.2, 0.25) is 0 Å². The van der Waals surface area contributed by atoms with Crippen molar-refractivity contribution in [2.45, 2.75) is 51.3 Å². The molecule has 3 aromatic rings. The number of methoxy groups -OCH3 is 1. The van der Waals surface area contributed by atoms with Crippen LogP contribution in [0.1, 0.15) is 59.8 Å². The minimum atomic E-state index is -3.87. The van der Waals surface area contributed by atoms with Gasteiger partial charge in [-0.15, -0.1) is 11.3 Å². The highest BCUT2D eigenvalue weighted by Gasteiger charge is 2.18. The molecule has 180 valence electrons. The molecule has 0 atom stereocenters. The molecule has 0 aliphatic heterocycles. The zero-order chi connectivity index (χ0) is 25.1. The summed E-state index contributed by atoms with van der Waals surface area (Å²) in [5.74, 6) is -0.564. The average Bonchev–Trinajstić information content (AvgIpc) is 3.17. The molecule has 1 N–H and O–H groups in total. The number of hydrogen-bond acceptors (Lipinski definition) is 6. The Hall–Kier alpha value is -2.97. The number of hydrogen-bond donors (Lipinski definition) is 1. The molecule has 8 heteroatoms. The summed E-state index contributed by atoms with van der Waals surface area (Å²) in [4.78, 5) is 17.7. The minimum Gasteiger partial charge on any atom is -0.465 e. The summed E-state index contributed by atoms with van der Waals surface area (Å²) in [6.45, 7) is 10.4. The van der Waals surface area contributed by atoms with Gasteiger partial charge in [-0.3, -0.25) is 4.72 Å². The maximum Gasteiger partial charge on any atom is 0.338 e. The first-order valence-electron chi connectivity index (χ1n) is 10.9. The number of carbonyl (C=O) groups excluding carboxylic acids is 1. The monoisotopic (exact) mass is 498 g/mol. The van der Waals surface area contributed by atoms with Crippen LogP contribution in [0, 0.1) is 6.92 Å². The van der Waals surface area contributed by atoms with Gasteiger partial charge in [-0.25, -0.2) is 18.2 Å². The van der Waals surface area contributed by atoms with Crippen molar-refractivity contribution in [3.63, 3.8) is 0 Å². The smallest absolute Gasteiger partial charge is 0.338 e. The SMILES string of the molecule is CCc1ccc(S(=O)(=O)N/C=C/c2nc(-c3ccc(C(C)(C)C)cc3)sc2C)cc1C(=O)OC. The number of benzene rings is 2. The largest absolute Gasteiger partial charge is 0.465 e. The van der Waals surface area contributed by atoms with Gasteiger partial charge in [0.15, 0.2) is 0 Å². The number of ether oxygens (including phenoxy) is 1. The third-order valence-corrected chi connectivity index (χ3v) is 7.83. The lowest BCUT2D eigenvalue weighted by Crippen LogP contribution is -2.19. The highest BCUT2D eigenvalue weighted by Crippen LogP contribution is 2.30. The molecule has 0 aliphatic carbocycles. The second-order valence-electron chi connectivity index (χ2n) is 8.91. The number of sulfonamides is 1. The fraction of sp³-hybridized carbons (Fsp3) is 0.308. The molecule has 0 saturated carbocycles. The summed E-state index contributed by atoms with van der Waals surface area (Å²) in [7, 11) is -2.59. The van der Waals surface area contributed by atoms with Crippen LogP contribution in [0.2, 0.25) is 0 Å². The summed E-state index contributed by atoms with van der Waals surface area (Å²) in [6, 6.07) is 12.8. The Labute approximate surface area is 205 Å². The standard InChI is InChI=1S/C26H30N2O4S2/c1-7-18-10-13-21(16-22(18)25(29)32-6)34(30,31)27-15-14-23-17(2)33-24(28-23)19-8-11-20(12-9-19)26(3,4)5/h8-16,27H,7H2,1-6H3/b15-14+. The maximum atomic E-state index is 12.8. The summed E-state index contributed by atoms with van der Waals surface area (Å²) in [5, 5.41) is 0.873. The van der Waals surface area contributed by atoms with E-state index in [0.717, 1.165) is 21.0 Å². The molecule has 0 amide bonds. The molecule has 2 aromatic carbocycles. The molecular weight excluding hydrogens is 468 g/mol. The zero-order valence-electron chi connectivity index (χ0n) is 20.3. The topological polar surface area (TPSA) is 85.4 Å². The Balaban J connectivity index is 1.79. The molecular formula is C26H30N2O4S2. The molecule has 3 rings (SSSR count). The fourth-order valence-corrected chi connectivity index (χ4v) is 5.21. The van der Waals surface area contributed by atoms with Crippen molar-refractivity contribution in [2.24, 2.45) is 0 Å². The van der Waals surface area contributed by atoms with Crippen LogP contribution in [0.4, 0.5) is 0 Å². The Kier molecular flexibility index (Phi) is 7.63. The number of carbonyl (C=O) groups is 1. The van der Waals surface area contributed by atoms with Crippen molar-refractivity contribution >= 4 is 33.4 Å². The molecule has 0 spiro atoms. The van der Waals surface area contributed by atoms with Gasteiger partial charge in [0.05, 0.1) is 23.3 Å². The lowest BCUT2D eigenvalue weighted by atomic mass is 9.87. The third kappa shape index (κ3) is 5.74. The number of nitrogens with one attached hydrogen (secondary N) is 1. The Morgan fingerprint density at radius 2 is 1.82 bits per heavy atom. The van der Waals surface area contributed by atoms with Gasteiger partial charge in [-0.1, -0.05) is 58.0 Å². The van der Waals surface area contributed by atoms with Crippen molar-refractivity contribution < 1.29 is 17.9 Å². The highest BCUT2D eigenvalue weighted by atomic mass is 32.2. The van der Waals surface area contributed by atoms with E-state index in [1.807, 2.05) is 13.8 Å². The van der Waals surface area contributed by atoms with E-state index < -0.39 is 16.0 Å². The van der Waals surface area contributed by atoms with Crippen LogP contribution in [0.25, 0.3) is 16.6 Å². The number of esters is 1. The van der Waals surface area contributed by atoms with E-state index in [2.05, 4.69) is 54.7 Å². The van der Waals surface area contributed by atoms with Crippen molar-refractivity contribution in [1.82, 2.24) is 9.71 Å². The number of rotatable bonds is 7. The van der Waals surface area contributed by atoms with Crippen LogP contribution >= 0.6 is 11.3 Å². The van der Waals surface area contributed by atoms with Gasteiger partial charge in [-0.05, 0) is 48.1 Å². The van der Waals surface area contributed by atoms with Gasteiger partial charge in [0.25, 0.3) is 10.0 Å². The van der Waals surface area contributed by atoms with Crippen molar-refractivity contribution in [2.75, 3.05) is 7.11 Å². The lowest BCUT2D eigenvalue weighted by molar-refractivity contribution is 0.0599. The van der Waals surface area contributed by atoms with Crippen molar-refractivity contribution in [3.8, 4) is 10.6 Å². The summed E-state index contributed by atoms with van der Waals surface area (Å²) in [5.41, 5.74) is 4.02. The second kappa shape index (κ2) is 10.1. The van der Waals surface area contributed by atoms with Crippen molar-refractivity contribution in [1.29, 1.82) is 0 Å². The predicted molar refractivity (Wildman–Crippen MR) is 138 cm³/mol. The number of aryl methyl sites for hydroxylation is 2. The predicted octanol–water partition coefficient (Wildman–Crippen LogP) is 5.71. The summed E-state index contributed by atoms with van der Waals surface area (Å²) < 4.78 is 32.8. The van der Waals surface area contributed by atoms with Gasteiger partial charge < -0.3 is 4.74 Å². The number of aromatic nitrogens is 1. The Morgan fingerprint density at radius 3 is 2.41 bits per heavy atom. The van der Waals surface area contributed by atoms with Gasteiger partial charge >= 0.3 is 5.97 Å². The molecule has 0 radical (unpaired) electrons. The zero-order valence-corrected chi connectivity index (χ0v) is 21.9. The first kappa shape index (κ1) is 25.6. The number of nitrogens with zero attached hydrogens (tertiary/aromatic N) is 1. The van der Waals surface area contributed by atoms with Gasteiger partial charge in [0.1, 0.15) is 5.01 Å². The molecule has 0 fully saturated rings. The molecule has 0 aliphatic rings. The molecule has 0 bridgehead atoms. The Bertz CT molecular complexity index is 1320. The van der Waals surface area contributed by atoms with Gasteiger partial charge in [-0.2, -0.15) is 0 Å². The summed E-state index contributed by atoms with van der Waals surface area (Å²) in [6.07, 6.45) is 3.58. The minimum absolute atomic E-state index is 0.00984. The third-order valence-electron chi connectivity index (χ3n) is 5.47. The normalized spacial score (nSPS) is 12.2. The van der Waals surface area contributed by atoms with E-state index in [9.17, 15) is 13.2 Å². The van der Waals surface area contributed by atoms with Crippen LogP contribution in [-0.2, 0) is 26.6 Å². The maximum absolute atomic E-state index is 12.8.